The minimum Gasteiger partial charge on any atom is -0.381 e. The molecule has 1 atom stereocenters. The normalized spacial score (nSPS) is 13.1. The standard InChI is InChI=1S/C22H15Cl2F2N7O2S/c23-13-1-3-15(17(24)5-13)19-7-36-20(30-19)32-12-29-33(21(32)34)9-22(35,8-31-11-27-10-28-31)16-4-2-14(25)6-18(16)26/h1-7,10-12,35H,8-9H2. The minimum atomic E-state index is -2.01. The van der Waals surface area contributed by atoms with Gasteiger partial charge in [0, 0.05) is 27.6 Å². The van der Waals surface area contributed by atoms with Gasteiger partial charge in [-0.05, 0) is 24.3 Å². The molecule has 14 heteroatoms. The topological polar surface area (TPSA) is 104 Å². The van der Waals surface area contributed by atoms with Crippen LogP contribution in [0, 0.1) is 11.6 Å². The SMILES string of the molecule is O=c1n(-c2nc(-c3ccc(Cl)cc3Cl)cs2)cnn1CC(O)(Cn1cncn1)c1ccc(F)cc1F. The third-order valence-electron chi connectivity index (χ3n) is 5.37. The molecule has 0 aliphatic heterocycles. The number of halogens is 4. The number of thiazole rings is 1. The monoisotopic (exact) mass is 549 g/mol. The van der Waals surface area contributed by atoms with E-state index in [1.54, 1.807) is 23.6 Å². The summed E-state index contributed by atoms with van der Waals surface area (Å²) >= 11 is 13.4. The van der Waals surface area contributed by atoms with E-state index in [4.69, 9.17) is 23.2 Å². The van der Waals surface area contributed by atoms with E-state index < -0.39 is 29.5 Å². The largest absolute Gasteiger partial charge is 0.381 e. The zero-order valence-corrected chi connectivity index (χ0v) is 20.4. The molecule has 5 rings (SSSR count). The molecule has 0 amide bonds. The second-order valence-electron chi connectivity index (χ2n) is 7.83. The minimum absolute atomic E-state index is 0.227. The van der Waals surface area contributed by atoms with Crippen LogP contribution in [0.25, 0.3) is 16.4 Å². The van der Waals surface area contributed by atoms with Gasteiger partial charge in [-0.15, -0.1) is 11.3 Å². The molecular weight excluding hydrogens is 535 g/mol. The van der Waals surface area contributed by atoms with Crippen LogP contribution < -0.4 is 5.69 Å². The van der Waals surface area contributed by atoms with Crippen molar-refractivity contribution in [3.05, 3.63) is 98.5 Å². The Bertz CT molecular complexity index is 1600. The van der Waals surface area contributed by atoms with E-state index in [0.29, 0.717) is 32.5 Å². The van der Waals surface area contributed by atoms with Crippen LogP contribution in [0.1, 0.15) is 5.56 Å². The van der Waals surface area contributed by atoms with Crippen molar-refractivity contribution in [1.29, 1.82) is 0 Å². The molecule has 9 nitrogen and oxygen atoms in total. The Labute approximate surface area is 215 Å². The lowest BCUT2D eigenvalue weighted by Gasteiger charge is -2.28. The molecule has 5 aromatic rings. The molecule has 0 fully saturated rings. The van der Waals surface area contributed by atoms with Gasteiger partial charge in [0.2, 0.25) is 0 Å². The summed E-state index contributed by atoms with van der Waals surface area (Å²) < 4.78 is 31.6. The fourth-order valence-corrected chi connectivity index (χ4v) is 4.98. The quantitative estimate of drug-likeness (QED) is 0.330. The number of rotatable bonds is 7. The van der Waals surface area contributed by atoms with Crippen LogP contribution in [0.4, 0.5) is 8.78 Å². The molecule has 3 aromatic heterocycles. The number of hydrogen-bond acceptors (Lipinski definition) is 7. The van der Waals surface area contributed by atoms with Crippen LogP contribution in [0.2, 0.25) is 10.0 Å². The first-order valence-corrected chi connectivity index (χ1v) is 11.9. The van der Waals surface area contributed by atoms with E-state index in [1.807, 2.05) is 0 Å². The third kappa shape index (κ3) is 4.67. The maximum Gasteiger partial charge on any atom is 0.352 e. The van der Waals surface area contributed by atoms with Gasteiger partial charge in [-0.2, -0.15) is 10.2 Å². The average Bonchev–Trinajstić information content (AvgIpc) is 3.57. The van der Waals surface area contributed by atoms with E-state index >= 15 is 0 Å². The molecule has 3 heterocycles. The van der Waals surface area contributed by atoms with Crippen LogP contribution in [-0.4, -0.2) is 39.2 Å². The van der Waals surface area contributed by atoms with Gasteiger partial charge in [-0.1, -0.05) is 29.3 Å². The summed E-state index contributed by atoms with van der Waals surface area (Å²) in [4.78, 5) is 21.5. The molecule has 0 aliphatic rings. The fourth-order valence-electron chi connectivity index (χ4n) is 3.69. The van der Waals surface area contributed by atoms with Gasteiger partial charge in [0.15, 0.2) is 5.13 Å². The Kier molecular flexibility index (Phi) is 6.43. The predicted molar refractivity (Wildman–Crippen MR) is 129 cm³/mol. The first kappa shape index (κ1) is 24.3. The zero-order valence-electron chi connectivity index (χ0n) is 18.1. The lowest BCUT2D eigenvalue weighted by molar-refractivity contribution is -0.00948. The van der Waals surface area contributed by atoms with E-state index in [9.17, 15) is 18.7 Å². The van der Waals surface area contributed by atoms with Gasteiger partial charge < -0.3 is 5.11 Å². The van der Waals surface area contributed by atoms with Crippen molar-refractivity contribution in [3.8, 4) is 16.4 Å². The molecule has 0 spiro atoms. The summed E-state index contributed by atoms with van der Waals surface area (Å²) in [7, 11) is 0. The number of aromatic nitrogens is 7. The summed E-state index contributed by atoms with van der Waals surface area (Å²) in [5, 5.41) is 22.4. The first-order chi connectivity index (χ1) is 17.2. The molecular formula is C22H15Cl2F2N7O2S. The smallest absolute Gasteiger partial charge is 0.352 e. The third-order valence-corrected chi connectivity index (χ3v) is 6.76. The van der Waals surface area contributed by atoms with Crippen LogP contribution in [-0.2, 0) is 18.7 Å². The molecule has 0 radical (unpaired) electrons. The Morgan fingerprint density at radius 3 is 2.61 bits per heavy atom. The Morgan fingerprint density at radius 2 is 1.89 bits per heavy atom. The van der Waals surface area contributed by atoms with E-state index in [-0.39, 0.29) is 12.1 Å². The zero-order chi connectivity index (χ0) is 25.4. The summed E-state index contributed by atoms with van der Waals surface area (Å²) in [5.74, 6) is -1.78. The highest BCUT2D eigenvalue weighted by molar-refractivity contribution is 7.12. The maximum atomic E-state index is 14.7. The van der Waals surface area contributed by atoms with Gasteiger partial charge in [-0.3, -0.25) is 0 Å². The average molecular weight is 550 g/mol. The van der Waals surface area contributed by atoms with Crippen LogP contribution in [0.15, 0.2) is 65.6 Å². The summed E-state index contributed by atoms with van der Waals surface area (Å²) in [5.41, 5.74) is -1.70. The molecule has 0 bridgehead atoms. The van der Waals surface area contributed by atoms with Gasteiger partial charge in [0.05, 0.1) is 23.8 Å². The van der Waals surface area contributed by atoms with E-state index in [1.165, 1.54) is 39.6 Å². The van der Waals surface area contributed by atoms with Crippen LogP contribution >= 0.6 is 34.5 Å². The van der Waals surface area contributed by atoms with E-state index in [0.717, 1.165) is 16.8 Å². The molecule has 1 unspecified atom stereocenters. The highest BCUT2D eigenvalue weighted by Gasteiger charge is 2.35. The fraction of sp³-hybridized carbons (Fsp3) is 0.136. The second-order valence-corrected chi connectivity index (χ2v) is 9.51. The van der Waals surface area contributed by atoms with Crippen molar-refractivity contribution in [2.24, 2.45) is 0 Å². The van der Waals surface area contributed by atoms with Gasteiger partial charge in [-0.25, -0.2) is 37.5 Å². The lowest BCUT2D eigenvalue weighted by Crippen LogP contribution is -2.41. The number of nitrogens with zero attached hydrogens (tertiary/aromatic N) is 7. The maximum absolute atomic E-state index is 14.7. The lowest BCUT2D eigenvalue weighted by atomic mass is 9.93. The molecule has 2 aromatic carbocycles. The first-order valence-electron chi connectivity index (χ1n) is 10.3. The van der Waals surface area contributed by atoms with Crippen molar-refractivity contribution in [1.82, 2.24) is 34.1 Å². The Hall–Kier alpha value is -3.45. The van der Waals surface area contributed by atoms with E-state index in [2.05, 4.69) is 20.2 Å². The molecule has 0 saturated carbocycles. The predicted octanol–water partition coefficient (Wildman–Crippen LogP) is 3.92. The van der Waals surface area contributed by atoms with Crippen LogP contribution in [0.3, 0.4) is 0 Å². The van der Waals surface area contributed by atoms with Gasteiger partial charge >= 0.3 is 5.69 Å². The van der Waals surface area contributed by atoms with Crippen molar-refractivity contribution in [2.45, 2.75) is 18.7 Å². The molecule has 0 saturated heterocycles. The number of benzene rings is 2. The highest BCUT2D eigenvalue weighted by atomic mass is 35.5. The summed E-state index contributed by atoms with van der Waals surface area (Å²) in [6.07, 6.45) is 3.81. The Morgan fingerprint density at radius 1 is 1.06 bits per heavy atom. The Balaban J connectivity index is 1.49. The second kappa shape index (κ2) is 9.54. The van der Waals surface area contributed by atoms with Crippen molar-refractivity contribution >= 4 is 34.5 Å². The van der Waals surface area contributed by atoms with Crippen molar-refractivity contribution in [2.75, 3.05) is 0 Å². The molecule has 184 valence electrons. The molecule has 36 heavy (non-hydrogen) atoms. The van der Waals surface area contributed by atoms with Crippen LogP contribution in [0.5, 0.6) is 0 Å². The summed E-state index contributed by atoms with van der Waals surface area (Å²) in [6.45, 7) is -0.728. The molecule has 0 aliphatic carbocycles. The highest BCUT2D eigenvalue weighted by Crippen LogP contribution is 2.32. The number of aliphatic hydroxyl groups is 1. The summed E-state index contributed by atoms with van der Waals surface area (Å²) in [6, 6.07) is 7.78. The van der Waals surface area contributed by atoms with Gasteiger partial charge in [0.25, 0.3) is 0 Å². The van der Waals surface area contributed by atoms with Crippen molar-refractivity contribution < 1.29 is 13.9 Å². The molecule has 1 N–H and O–H groups in total. The number of hydrogen-bond donors (Lipinski definition) is 1. The van der Waals surface area contributed by atoms with Crippen molar-refractivity contribution in [3.63, 3.8) is 0 Å². The van der Waals surface area contributed by atoms with Gasteiger partial charge in [0.1, 0.15) is 36.2 Å².